The predicted octanol–water partition coefficient (Wildman–Crippen LogP) is 4.16. The van der Waals surface area contributed by atoms with Crippen molar-refractivity contribution >= 4 is 29.1 Å². The van der Waals surface area contributed by atoms with Crippen LogP contribution in [0.1, 0.15) is 25.8 Å². The topological polar surface area (TPSA) is 35.8 Å². The number of nitrogens with one attached hydrogen (secondary N) is 1. The van der Waals surface area contributed by atoms with Gasteiger partial charge < -0.3 is 5.32 Å². The fourth-order valence-corrected chi connectivity index (χ4v) is 2.46. The molecule has 0 aliphatic heterocycles. The molecule has 17 heavy (non-hydrogen) atoms. The summed E-state index contributed by atoms with van der Waals surface area (Å²) in [5.74, 6) is 2.28. The monoisotopic (exact) mass is 268 g/mol. The lowest BCUT2D eigenvalue weighted by Crippen LogP contribution is -2.16. The van der Waals surface area contributed by atoms with E-state index in [2.05, 4.69) is 25.2 Å². The van der Waals surface area contributed by atoms with Crippen molar-refractivity contribution in [3.63, 3.8) is 0 Å². The second kappa shape index (κ2) is 7.47. The summed E-state index contributed by atoms with van der Waals surface area (Å²) >= 11 is 7.86. The number of rotatable bonds is 6. The fourth-order valence-electron chi connectivity index (χ4n) is 1.48. The highest BCUT2D eigenvalue weighted by atomic mass is 35.5. The molecule has 0 saturated heterocycles. The van der Waals surface area contributed by atoms with Gasteiger partial charge in [0.1, 0.15) is 6.07 Å². The highest BCUT2D eigenvalue weighted by Gasteiger charge is 2.06. The summed E-state index contributed by atoms with van der Waals surface area (Å²) in [6, 6.07) is 7.81. The molecule has 0 spiro atoms. The third-order valence-corrected chi connectivity index (χ3v) is 3.57. The third-order valence-electron chi connectivity index (χ3n) is 2.40. The number of halogens is 1. The van der Waals surface area contributed by atoms with Crippen molar-refractivity contribution in [3.05, 3.63) is 28.8 Å². The average molecular weight is 269 g/mol. The van der Waals surface area contributed by atoms with Crippen molar-refractivity contribution in [2.75, 3.05) is 16.8 Å². The van der Waals surface area contributed by atoms with E-state index < -0.39 is 0 Å². The number of thioether (sulfide) groups is 1. The summed E-state index contributed by atoms with van der Waals surface area (Å²) in [5.41, 5.74) is 1.47. The lowest BCUT2D eigenvalue weighted by atomic mass is 10.1. The van der Waals surface area contributed by atoms with E-state index in [0.717, 1.165) is 23.6 Å². The first-order chi connectivity index (χ1) is 8.17. The van der Waals surface area contributed by atoms with E-state index in [1.807, 2.05) is 17.8 Å². The summed E-state index contributed by atoms with van der Waals surface area (Å²) < 4.78 is 0. The van der Waals surface area contributed by atoms with Gasteiger partial charge in [-0.3, -0.25) is 0 Å². The van der Waals surface area contributed by atoms with Crippen molar-refractivity contribution in [2.45, 2.75) is 26.3 Å². The maximum absolute atomic E-state index is 9.00. The number of nitrogens with zero attached hydrogens (tertiary/aromatic N) is 1. The number of nitriles is 1. The van der Waals surface area contributed by atoms with Crippen molar-refractivity contribution in [3.8, 4) is 6.07 Å². The molecule has 0 aliphatic carbocycles. The van der Waals surface area contributed by atoms with Gasteiger partial charge in [0.15, 0.2) is 0 Å². The van der Waals surface area contributed by atoms with Crippen LogP contribution in [-0.4, -0.2) is 17.5 Å². The zero-order chi connectivity index (χ0) is 12.7. The first kappa shape index (κ1) is 14.2. The molecular formula is C13H17ClN2S. The molecule has 1 unspecified atom stereocenters. The molecule has 0 radical (unpaired) electrons. The van der Waals surface area contributed by atoms with Crippen molar-refractivity contribution in [2.24, 2.45) is 0 Å². The zero-order valence-electron chi connectivity index (χ0n) is 10.2. The largest absolute Gasteiger partial charge is 0.381 e. The van der Waals surface area contributed by atoms with E-state index in [4.69, 9.17) is 16.9 Å². The molecule has 0 heterocycles. The minimum atomic E-state index is 0.347. The Morgan fingerprint density at radius 1 is 1.53 bits per heavy atom. The fraction of sp³-hybridized carbons (Fsp3) is 0.462. The summed E-state index contributed by atoms with van der Waals surface area (Å²) in [6.45, 7) is 4.28. The molecule has 1 N–H and O–H groups in total. The van der Waals surface area contributed by atoms with Gasteiger partial charge in [0, 0.05) is 11.1 Å². The third kappa shape index (κ3) is 4.89. The van der Waals surface area contributed by atoms with Crippen molar-refractivity contribution in [1.29, 1.82) is 5.26 Å². The van der Waals surface area contributed by atoms with Gasteiger partial charge in [-0.1, -0.05) is 18.5 Å². The molecule has 0 amide bonds. The molecule has 0 fully saturated rings. The molecule has 4 heteroatoms. The average Bonchev–Trinajstić information content (AvgIpc) is 2.29. The van der Waals surface area contributed by atoms with Crippen LogP contribution < -0.4 is 5.32 Å². The van der Waals surface area contributed by atoms with Gasteiger partial charge in [0.05, 0.1) is 11.3 Å². The summed E-state index contributed by atoms with van der Waals surface area (Å²) in [4.78, 5) is 0. The van der Waals surface area contributed by atoms with Crippen LogP contribution in [0.2, 0.25) is 5.02 Å². The van der Waals surface area contributed by atoms with Crippen LogP contribution in [0.3, 0.4) is 0 Å². The molecule has 0 aliphatic rings. The standard InChI is InChI=1S/C13H17ClN2S/c1-3-17-7-6-10(2)16-13-8-12(14)5-4-11(13)9-15/h4-5,8,10,16H,3,6-7H2,1-2H3. The zero-order valence-corrected chi connectivity index (χ0v) is 11.7. The van der Waals surface area contributed by atoms with Crippen molar-refractivity contribution < 1.29 is 0 Å². The lowest BCUT2D eigenvalue weighted by Gasteiger charge is -2.16. The highest BCUT2D eigenvalue weighted by molar-refractivity contribution is 7.99. The molecule has 2 nitrogen and oxygen atoms in total. The van der Waals surface area contributed by atoms with E-state index in [1.165, 1.54) is 0 Å². The second-order valence-corrected chi connectivity index (χ2v) is 5.66. The second-order valence-electron chi connectivity index (χ2n) is 3.83. The molecule has 1 aromatic carbocycles. The highest BCUT2D eigenvalue weighted by Crippen LogP contribution is 2.21. The maximum Gasteiger partial charge on any atom is 0.101 e. The minimum Gasteiger partial charge on any atom is -0.381 e. The maximum atomic E-state index is 9.00. The van der Waals surface area contributed by atoms with Crippen LogP contribution in [0.15, 0.2) is 18.2 Å². The Bertz CT molecular complexity index is 401. The van der Waals surface area contributed by atoms with E-state index in [9.17, 15) is 0 Å². The van der Waals surface area contributed by atoms with Crippen LogP contribution in [-0.2, 0) is 0 Å². The van der Waals surface area contributed by atoms with Gasteiger partial charge in [0.2, 0.25) is 0 Å². The van der Waals surface area contributed by atoms with E-state index in [1.54, 1.807) is 12.1 Å². The predicted molar refractivity (Wildman–Crippen MR) is 76.9 cm³/mol. The molecule has 0 aromatic heterocycles. The molecule has 1 aromatic rings. The van der Waals surface area contributed by atoms with E-state index in [0.29, 0.717) is 16.6 Å². The Kier molecular flexibility index (Phi) is 6.25. The Morgan fingerprint density at radius 3 is 2.94 bits per heavy atom. The Morgan fingerprint density at radius 2 is 2.29 bits per heavy atom. The normalized spacial score (nSPS) is 11.9. The number of benzene rings is 1. The summed E-state index contributed by atoms with van der Waals surface area (Å²) in [7, 11) is 0. The van der Waals surface area contributed by atoms with E-state index in [-0.39, 0.29) is 0 Å². The smallest absolute Gasteiger partial charge is 0.101 e. The van der Waals surface area contributed by atoms with Crippen LogP contribution in [0.25, 0.3) is 0 Å². The molecule has 1 atom stereocenters. The SMILES string of the molecule is CCSCCC(C)Nc1cc(Cl)ccc1C#N. The first-order valence-corrected chi connectivity index (χ1v) is 7.24. The molecule has 0 bridgehead atoms. The molecule has 0 saturated carbocycles. The number of hydrogen-bond donors (Lipinski definition) is 1. The van der Waals surface area contributed by atoms with Gasteiger partial charge in [-0.05, 0) is 43.0 Å². The lowest BCUT2D eigenvalue weighted by molar-refractivity contribution is 0.771. The van der Waals surface area contributed by atoms with Gasteiger partial charge in [-0.2, -0.15) is 17.0 Å². The Balaban J connectivity index is 2.61. The first-order valence-electron chi connectivity index (χ1n) is 5.71. The minimum absolute atomic E-state index is 0.347. The molecule has 92 valence electrons. The van der Waals surface area contributed by atoms with E-state index >= 15 is 0 Å². The van der Waals surface area contributed by atoms with Gasteiger partial charge in [-0.15, -0.1) is 0 Å². The van der Waals surface area contributed by atoms with Crippen LogP contribution in [0.5, 0.6) is 0 Å². The molecular weight excluding hydrogens is 252 g/mol. The Hall–Kier alpha value is -0.850. The quantitative estimate of drug-likeness (QED) is 0.787. The van der Waals surface area contributed by atoms with Crippen LogP contribution in [0.4, 0.5) is 5.69 Å². The van der Waals surface area contributed by atoms with Crippen LogP contribution >= 0.6 is 23.4 Å². The van der Waals surface area contributed by atoms with Gasteiger partial charge in [0.25, 0.3) is 0 Å². The summed E-state index contributed by atoms with van der Waals surface area (Å²) in [6.07, 6.45) is 1.08. The molecule has 1 rings (SSSR count). The Labute approximate surface area is 112 Å². The summed E-state index contributed by atoms with van der Waals surface area (Å²) in [5, 5.41) is 13.0. The van der Waals surface area contributed by atoms with Gasteiger partial charge >= 0.3 is 0 Å². The van der Waals surface area contributed by atoms with Crippen LogP contribution in [0, 0.1) is 11.3 Å². The number of anilines is 1. The van der Waals surface area contributed by atoms with Gasteiger partial charge in [-0.25, -0.2) is 0 Å². The van der Waals surface area contributed by atoms with Crippen molar-refractivity contribution in [1.82, 2.24) is 0 Å². The number of hydrogen-bond acceptors (Lipinski definition) is 3.